The van der Waals surface area contributed by atoms with Gasteiger partial charge in [0.05, 0.1) is 0 Å². The summed E-state index contributed by atoms with van der Waals surface area (Å²) >= 11 is 0. The fourth-order valence-electron chi connectivity index (χ4n) is 3.18. The number of fused-ring (bicyclic) bond motifs is 1. The number of ketones is 1. The van der Waals surface area contributed by atoms with Crippen LogP contribution in [0, 0.1) is 11.8 Å². The lowest BCUT2D eigenvalue weighted by molar-refractivity contribution is -0.118. The van der Waals surface area contributed by atoms with Gasteiger partial charge in [0.15, 0.2) is 0 Å². The summed E-state index contributed by atoms with van der Waals surface area (Å²) in [6, 6.07) is 0.470. The van der Waals surface area contributed by atoms with Crippen molar-refractivity contribution >= 4 is 5.78 Å². The van der Waals surface area contributed by atoms with E-state index in [9.17, 15) is 4.79 Å². The van der Waals surface area contributed by atoms with Crippen LogP contribution < -0.4 is 0 Å². The largest absolute Gasteiger partial charge is 0.300 e. The average Bonchev–Trinajstić information content (AvgIpc) is 2.58. The summed E-state index contributed by atoms with van der Waals surface area (Å²) < 4.78 is 0. The first kappa shape index (κ1) is 10.2. The number of carbonyl (C=O) groups is 1. The predicted octanol–water partition coefficient (Wildman–Crippen LogP) is 2.09. The van der Waals surface area contributed by atoms with E-state index in [4.69, 9.17) is 0 Å². The van der Waals surface area contributed by atoms with Gasteiger partial charge >= 0.3 is 0 Å². The number of hydrogen-bond donors (Lipinski definition) is 0. The van der Waals surface area contributed by atoms with Crippen LogP contribution in [0.25, 0.3) is 0 Å². The van der Waals surface area contributed by atoms with E-state index < -0.39 is 0 Å². The molecule has 2 heteroatoms. The number of Topliss-reactive ketones (excluding diaryl/α,β-unsaturated/α-hetero) is 1. The van der Waals surface area contributed by atoms with Gasteiger partial charge in [-0.15, -0.1) is 0 Å². The molecule has 0 spiro atoms. The quantitative estimate of drug-likeness (QED) is 0.687. The standard InChI is InChI=1S/C12H21NO/c1-9(6-10(2)14)13-7-11-4-3-5-12(11)8-13/h9,11-12H,3-8H2,1-2H3. The lowest BCUT2D eigenvalue weighted by atomic mass is 10.0. The zero-order chi connectivity index (χ0) is 10.1. The van der Waals surface area contributed by atoms with Crippen molar-refractivity contribution in [3.05, 3.63) is 0 Å². The Morgan fingerprint density at radius 3 is 2.43 bits per heavy atom. The van der Waals surface area contributed by atoms with Crippen molar-refractivity contribution in [2.75, 3.05) is 13.1 Å². The molecule has 2 rings (SSSR count). The van der Waals surface area contributed by atoms with Gasteiger partial charge in [-0.2, -0.15) is 0 Å². The Balaban J connectivity index is 1.86. The fourth-order valence-corrected chi connectivity index (χ4v) is 3.18. The summed E-state index contributed by atoms with van der Waals surface area (Å²) in [7, 11) is 0. The Morgan fingerprint density at radius 1 is 1.36 bits per heavy atom. The highest BCUT2D eigenvalue weighted by molar-refractivity contribution is 5.76. The first-order chi connectivity index (χ1) is 6.66. The van der Waals surface area contributed by atoms with Crippen LogP contribution in [0.1, 0.15) is 39.5 Å². The molecule has 3 unspecified atom stereocenters. The molecule has 2 nitrogen and oxygen atoms in total. The second-order valence-corrected chi connectivity index (χ2v) is 5.16. The summed E-state index contributed by atoms with van der Waals surface area (Å²) in [4.78, 5) is 13.6. The van der Waals surface area contributed by atoms with E-state index in [2.05, 4.69) is 11.8 Å². The van der Waals surface area contributed by atoms with Crippen LogP contribution >= 0.6 is 0 Å². The second-order valence-electron chi connectivity index (χ2n) is 5.16. The normalized spacial score (nSPS) is 34.4. The summed E-state index contributed by atoms with van der Waals surface area (Å²) in [6.07, 6.45) is 5.02. The minimum Gasteiger partial charge on any atom is -0.300 e. The van der Waals surface area contributed by atoms with E-state index in [1.54, 1.807) is 6.92 Å². The molecule has 0 amide bonds. The molecule has 3 atom stereocenters. The highest BCUT2D eigenvalue weighted by Crippen LogP contribution is 2.38. The first-order valence-electron chi connectivity index (χ1n) is 5.90. The van der Waals surface area contributed by atoms with Crippen molar-refractivity contribution in [3.63, 3.8) is 0 Å². The molecule has 1 aliphatic carbocycles. The highest BCUT2D eigenvalue weighted by atomic mass is 16.1. The molecule has 1 saturated heterocycles. The van der Waals surface area contributed by atoms with Crippen LogP contribution in [-0.4, -0.2) is 29.8 Å². The Hall–Kier alpha value is -0.370. The third-order valence-corrected chi connectivity index (χ3v) is 3.96. The molecular weight excluding hydrogens is 174 g/mol. The Labute approximate surface area is 86.7 Å². The second kappa shape index (κ2) is 4.01. The van der Waals surface area contributed by atoms with Crippen LogP contribution in [0.2, 0.25) is 0 Å². The van der Waals surface area contributed by atoms with Crippen molar-refractivity contribution in [2.24, 2.45) is 11.8 Å². The van der Waals surface area contributed by atoms with E-state index in [0.29, 0.717) is 11.8 Å². The number of nitrogens with zero attached hydrogens (tertiary/aromatic N) is 1. The Kier molecular flexibility index (Phi) is 2.91. The predicted molar refractivity (Wildman–Crippen MR) is 57.2 cm³/mol. The smallest absolute Gasteiger partial charge is 0.131 e. The van der Waals surface area contributed by atoms with Gasteiger partial charge in [0.2, 0.25) is 0 Å². The lowest BCUT2D eigenvalue weighted by Crippen LogP contribution is -2.33. The number of likely N-dealkylation sites (tertiary alicyclic amines) is 1. The number of rotatable bonds is 3. The minimum atomic E-state index is 0.328. The van der Waals surface area contributed by atoms with Gasteiger partial charge in [-0.3, -0.25) is 9.69 Å². The van der Waals surface area contributed by atoms with Crippen LogP contribution in [0.4, 0.5) is 0 Å². The van der Waals surface area contributed by atoms with E-state index in [1.165, 1.54) is 32.4 Å². The molecular formula is C12H21NO. The molecule has 0 aromatic carbocycles. The first-order valence-corrected chi connectivity index (χ1v) is 5.90. The third kappa shape index (κ3) is 2.00. The SMILES string of the molecule is CC(=O)CC(C)N1CC2CCCC2C1. The molecule has 2 fully saturated rings. The van der Waals surface area contributed by atoms with Gasteiger partial charge in [0.1, 0.15) is 5.78 Å². The maximum atomic E-state index is 11.0. The summed E-state index contributed by atoms with van der Waals surface area (Å²) in [5, 5.41) is 0. The topological polar surface area (TPSA) is 20.3 Å². The molecule has 1 aliphatic heterocycles. The Morgan fingerprint density at radius 2 is 1.93 bits per heavy atom. The fraction of sp³-hybridized carbons (Fsp3) is 0.917. The molecule has 1 saturated carbocycles. The zero-order valence-electron chi connectivity index (χ0n) is 9.33. The molecule has 2 aliphatic rings. The van der Waals surface area contributed by atoms with Gasteiger partial charge in [0, 0.05) is 25.6 Å². The monoisotopic (exact) mass is 195 g/mol. The van der Waals surface area contributed by atoms with Crippen LogP contribution in [-0.2, 0) is 4.79 Å². The van der Waals surface area contributed by atoms with Gasteiger partial charge in [-0.05, 0) is 38.5 Å². The van der Waals surface area contributed by atoms with Gasteiger partial charge in [-0.1, -0.05) is 6.42 Å². The molecule has 80 valence electrons. The number of hydrogen-bond acceptors (Lipinski definition) is 2. The van der Waals surface area contributed by atoms with E-state index >= 15 is 0 Å². The third-order valence-electron chi connectivity index (χ3n) is 3.96. The average molecular weight is 195 g/mol. The Bertz CT molecular complexity index is 214. The molecule has 0 aromatic rings. The summed E-state index contributed by atoms with van der Waals surface area (Å²) in [5.74, 6) is 2.23. The molecule has 1 heterocycles. The lowest BCUT2D eigenvalue weighted by Gasteiger charge is -2.24. The molecule has 0 radical (unpaired) electrons. The zero-order valence-corrected chi connectivity index (χ0v) is 9.33. The molecule has 0 bridgehead atoms. The maximum absolute atomic E-state index is 11.0. The van der Waals surface area contributed by atoms with Gasteiger partial charge in [-0.25, -0.2) is 0 Å². The summed E-state index contributed by atoms with van der Waals surface area (Å²) in [5.41, 5.74) is 0. The van der Waals surface area contributed by atoms with Gasteiger partial charge in [0.25, 0.3) is 0 Å². The van der Waals surface area contributed by atoms with E-state index in [1.807, 2.05) is 0 Å². The van der Waals surface area contributed by atoms with Gasteiger partial charge < -0.3 is 0 Å². The number of carbonyl (C=O) groups excluding carboxylic acids is 1. The van der Waals surface area contributed by atoms with Crippen LogP contribution in [0.3, 0.4) is 0 Å². The van der Waals surface area contributed by atoms with Crippen LogP contribution in [0.15, 0.2) is 0 Å². The molecule has 14 heavy (non-hydrogen) atoms. The van der Waals surface area contributed by atoms with Crippen LogP contribution in [0.5, 0.6) is 0 Å². The van der Waals surface area contributed by atoms with E-state index in [-0.39, 0.29) is 0 Å². The molecule has 0 aromatic heterocycles. The van der Waals surface area contributed by atoms with E-state index in [0.717, 1.165) is 18.3 Å². The minimum absolute atomic E-state index is 0.328. The van der Waals surface area contributed by atoms with Crippen molar-refractivity contribution in [3.8, 4) is 0 Å². The highest BCUT2D eigenvalue weighted by Gasteiger charge is 2.37. The van der Waals surface area contributed by atoms with Crippen molar-refractivity contribution in [2.45, 2.75) is 45.6 Å². The van der Waals surface area contributed by atoms with Crippen molar-refractivity contribution < 1.29 is 4.79 Å². The molecule has 0 N–H and O–H groups in total. The van der Waals surface area contributed by atoms with Crippen molar-refractivity contribution in [1.29, 1.82) is 0 Å². The van der Waals surface area contributed by atoms with Crippen molar-refractivity contribution in [1.82, 2.24) is 4.90 Å². The maximum Gasteiger partial charge on any atom is 0.131 e. The summed E-state index contributed by atoms with van der Waals surface area (Å²) in [6.45, 7) is 6.40.